The Morgan fingerprint density at radius 2 is 1.85 bits per heavy atom. The predicted octanol–water partition coefficient (Wildman–Crippen LogP) is 0.339. The molecule has 118 valence electrons. The summed E-state index contributed by atoms with van der Waals surface area (Å²) in [6, 6.07) is 0. The highest BCUT2D eigenvalue weighted by molar-refractivity contribution is 5.82. The molecular formula is C11H18F3NO5. The van der Waals surface area contributed by atoms with Gasteiger partial charge in [-0.3, -0.25) is 9.59 Å². The summed E-state index contributed by atoms with van der Waals surface area (Å²) >= 11 is 0. The van der Waals surface area contributed by atoms with Gasteiger partial charge in [0.2, 0.25) is 0 Å². The van der Waals surface area contributed by atoms with E-state index in [1.54, 1.807) is 6.92 Å². The van der Waals surface area contributed by atoms with E-state index in [1.165, 1.54) is 0 Å². The first-order valence-electron chi connectivity index (χ1n) is 6.03. The molecule has 0 unspecified atom stereocenters. The van der Waals surface area contributed by atoms with Gasteiger partial charge in [0.1, 0.15) is 0 Å². The molecule has 0 spiro atoms. The van der Waals surface area contributed by atoms with Crippen LogP contribution in [0.1, 0.15) is 13.3 Å². The number of aliphatic hydroxyl groups excluding tert-OH is 1. The van der Waals surface area contributed by atoms with E-state index in [0.29, 0.717) is 4.90 Å². The topological polar surface area (TPSA) is 76.1 Å². The van der Waals surface area contributed by atoms with Gasteiger partial charge in [0.15, 0.2) is 0 Å². The number of ether oxygens (including phenoxy) is 2. The van der Waals surface area contributed by atoms with Crippen LogP contribution >= 0.6 is 0 Å². The summed E-state index contributed by atoms with van der Waals surface area (Å²) in [5.74, 6) is -2.71. The van der Waals surface area contributed by atoms with Gasteiger partial charge in [-0.15, -0.1) is 0 Å². The second kappa shape index (κ2) is 9.54. The average Bonchev–Trinajstić information content (AvgIpc) is 2.36. The number of hydrogen-bond acceptors (Lipinski definition) is 5. The van der Waals surface area contributed by atoms with Crippen molar-refractivity contribution in [2.24, 2.45) is 0 Å². The number of alkyl halides is 3. The maximum Gasteiger partial charge on any atom is 0.471 e. The van der Waals surface area contributed by atoms with E-state index in [-0.39, 0.29) is 39.4 Å². The van der Waals surface area contributed by atoms with Gasteiger partial charge in [0.25, 0.3) is 0 Å². The Labute approximate surface area is 114 Å². The molecular weight excluding hydrogens is 283 g/mol. The minimum Gasteiger partial charge on any atom is -0.466 e. The summed E-state index contributed by atoms with van der Waals surface area (Å²) in [7, 11) is 0. The van der Waals surface area contributed by atoms with Gasteiger partial charge in [-0.1, -0.05) is 0 Å². The maximum absolute atomic E-state index is 12.4. The lowest BCUT2D eigenvalue weighted by Crippen LogP contribution is -2.43. The van der Waals surface area contributed by atoms with E-state index in [4.69, 9.17) is 9.84 Å². The molecule has 0 aliphatic heterocycles. The van der Waals surface area contributed by atoms with Crippen molar-refractivity contribution in [2.75, 3.05) is 39.5 Å². The van der Waals surface area contributed by atoms with Crippen LogP contribution in [0.3, 0.4) is 0 Å². The molecule has 0 fully saturated rings. The van der Waals surface area contributed by atoms with Crippen molar-refractivity contribution in [3.05, 3.63) is 0 Å². The zero-order valence-electron chi connectivity index (χ0n) is 11.1. The molecule has 0 aromatic rings. The average molecular weight is 301 g/mol. The highest BCUT2D eigenvalue weighted by atomic mass is 19.4. The number of nitrogens with zero attached hydrogens (tertiary/aromatic N) is 1. The Balaban J connectivity index is 4.39. The third-order valence-electron chi connectivity index (χ3n) is 2.16. The molecule has 0 rings (SSSR count). The SMILES string of the molecule is CCOC(=O)CCN(CCOCCO)C(=O)C(F)(F)F. The number of carbonyl (C=O) groups is 2. The summed E-state index contributed by atoms with van der Waals surface area (Å²) in [5, 5.41) is 8.46. The largest absolute Gasteiger partial charge is 0.471 e. The second-order valence-electron chi connectivity index (χ2n) is 3.68. The maximum atomic E-state index is 12.4. The molecule has 1 N–H and O–H groups in total. The van der Waals surface area contributed by atoms with Crippen LogP contribution in [0.4, 0.5) is 13.2 Å². The highest BCUT2D eigenvalue weighted by Gasteiger charge is 2.42. The third kappa shape index (κ3) is 7.95. The monoisotopic (exact) mass is 301 g/mol. The zero-order valence-corrected chi connectivity index (χ0v) is 11.1. The van der Waals surface area contributed by atoms with E-state index in [9.17, 15) is 22.8 Å². The van der Waals surface area contributed by atoms with Crippen molar-refractivity contribution in [1.29, 1.82) is 0 Å². The first-order chi connectivity index (χ1) is 9.32. The van der Waals surface area contributed by atoms with Crippen molar-refractivity contribution < 1.29 is 37.3 Å². The number of hydrogen-bond donors (Lipinski definition) is 1. The van der Waals surface area contributed by atoms with E-state index in [1.807, 2.05) is 0 Å². The van der Waals surface area contributed by atoms with Gasteiger partial charge >= 0.3 is 18.1 Å². The van der Waals surface area contributed by atoms with Gasteiger partial charge in [0.05, 0.1) is 32.8 Å². The van der Waals surface area contributed by atoms with Gasteiger partial charge in [-0.05, 0) is 6.92 Å². The zero-order chi connectivity index (χ0) is 15.6. The van der Waals surface area contributed by atoms with Gasteiger partial charge in [-0.2, -0.15) is 13.2 Å². The number of rotatable bonds is 9. The highest BCUT2D eigenvalue weighted by Crippen LogP contribution is 2.18. The predicted molar refractivity (Wildman–Crippen MR) is 61.8 cm³/mol. The molecule has 0 aromatic carbocycles. The van der Waals surface area contributed by atoms with Crippen molar-refractivity contribution in [3.8, 4) is 0 Å². The number of halogens is 3. The Hall–Kier alpha value is -1.35. The van der Waals surface area contributed by atoms with E-state index in [2.05, 4.69) is 4.74 Å². The summed E-state index contributed by atoms with van der Waals surface area (Å²) in [6.07, 6.45) is -5.33. The molecule has 0 radical (unpaired) electrons. The Morgan fingerprint density at radius 3 is 2.35 bits per heavy atom. The van der Waals surface area contributed by atoms with E-state index >= 15 is 0 Å². The summed E-state index contributed by atoms with van der Waals surface area (Å²) in [4.78, 5) is 22.7. The summed E-state index contributed by atoms with van der Waals surface area (Å²) in [6.45, 7) is 0.496. The number of amides is 1. The van der Waals surface area contributed by atoms with Crippen LogP contribution < -0.4 is 0 Å². The van der Waals surface area contributed by atoms with Crippen molar-refractivity contribution in [3.63, 3.8) is 0 Å². The lowest BCUT2D eigenvalue weighted by molar-refractivity contribution is -0.186. The van der Waals surface area contributed by atoms with Crippen LogP contribution in [0.5, 0.6) is 0 Å². The molecule has 0 aliphatic rings. The van der Waals surface area contributed by atoms with Crippen LogP contribution in [0.15, 0.2) is 0 Å². The van der Waals surface area contributed by atoms with Crippen LogP contribution in [-0.2, 0) is 19.1 Å². The third-order valence-corrected chi connectivity index (χ3v) is 2.16. The van der Waals surface area contributed by atoms with Crippen molar-refractivity contribution >= 4 is 11.9 Å². The van der Waals surface area contributed by atoms with Crippen LogP contribution in [0, 0.1) is 0 Å². The van der Waals surface area contributed by atoms with Gasteiger partial charge in [-0.25, -0.2) is 0 Å². The quantitative estimate of drug-likeness (QED) is 0.491. The molecule has 6 nitrogen and oxygen atoms in total. The fraction of sp³-hybridized carbons (Fsp3) is 0.818. The smallest absolute Gasteiger partial charge is 0.466 e. The molecule has 0 bridgehead atoms. The molecule has 1 amide bonds. The van der Waals surface area contributed by atoms with E-state index < -0.39 is 24.6 Å². The van der Waals surface area contributed by atoms with E-state index in [0.717, 1.165) is 0 Å². The van der Waals surface area contributed by atoms with Crippen molar-refractivity contribution in [2.45, 2.75) is 19.5 Å². The molecule has 20 heavy (non-hydrogen) atoms. The minimum absolute atomic E-state index is 0.0358. The normalized spacial score (nSPS) is 11.2. The molecule has 0 saturated heterocycles. The van der Waals surface area contributed by atoms with Gasteiger partial charge in [0, 0.05) is 13.1 Å². The van der Waals surface area contributed by atoms with Crippen LogP contribution in [0.2, 0.25) is 0 Å². The molecule has 9 heteroatoms. The first-order valence-corrected chi connectivity index (χ1v) is 6.03. The van der Waals surface area contributed by atoms with Gasteiger partial charge < -0.3 is 19.5 Å². The molecule has 0 heterocycles. The minimum atomic E-state index is -5.01. The molecule has 0 atom stereocenters. The summed E-state index contributed by atoms with van der Waals surface area (Å²) < 4.78 is 46.5. The van der Waals surface area contributed by atoms with Crippen molar-refractivity contribution in [1.82, 2.24) is 4.90 Å². The fourth-order valence-electron chi connectivity index (χ4n) is 1.29. The molecule has 0 saturated carbocycles. The summed E-state index contributed by atoms with van der Waals surface area (Å²) in [5.41, 5.74) is 0. The number of aliphatic hydroxyl groups is 1. The number of esters is 1. The van der Waals surface area contributed by atoms with Crippen LogP contribution in [0.25, 0.3) is 0 Å². The Morgan fingerprint density at radius 1 is 1.20 bits per heavy atom. The Bertz CT molecular complexity index is 309. The molecule has 0 aromatic heterocycles. The lowest BCUT2D eigenvalue weighted by Gasteiger charge is -2.23. The standard InChI is InChI=1S/C11H18F3NO5/c1-2-20-9(17)3-4-15(5-7-19-8-6-16)10(18)11(12,13)14/h16H,2-8H2,1H3. The fourth-order valence-corrected chi connectivity index (χ4v) is 1.29. The first kappa shape index (κ1) is 18.7. The second-order valence-corrected chi connectivity index (χ2v) is 3.68. The molecule has 0 aliphatic carbocycles. The number of carbonyl (C=O) groups excluding carboxylic acids is 2. The Kier molecular flexibility index (Phi) is 8.89. The lowest BCUT2D eigenvalue weighted by atomic mass is 10.3. The van der Waals surface area contributed by atoms with Crippen LogP contribution in [-0.4, -0.2) is 67.6 Å².